The van der Waals surface area contributed by atoms with Crippen LogP contribution < -0.4 is 15.1 Å². The minimum Gasteiger partial charge on any atom is -0.371 e. The highest BCUT2D eigenvalue weighted by Crippen LogP contribution is 2.45. The summed E-state index contributed by atoms with van der Waals surface area (Å²) in [6.45, 7) is 7.77. The lowest BCUT2D eigenvalue weighted by molar-refractivity contribution is -0.136. The number of halogens is 2. The number of likely N-dealkylation sites (tertiary alicyclic amines) is 1. The smallest absolute Gasteiger partial charge is 0.264 e. The number of carbonyl (C=O) groups is 5. The van der Waals surface area contributed by atoms with Crippen molar-refractivity contribution in [3.8, 4) is 11.1 Å². The third-order valence-electron chi connectivity index (χ3n) is 15.3. The Labute approximate surface area is 386 Å². The number of fused-ring (bicyclic) bond motifs is 4. The minimum atomic E-state index is -2.69. The highest BCUT2D eigenvalue weighted by molar-refractivity contribution is 6.23. The fraction of sp³-hybridized carbons (Fsp3) is 0.460. The van der Waals surface area contributed by atoms with Gasteiger partial charge in [0, 0.05) is 130 Å². The van der Waals surface area contributed by atoms with Gasteiger partial charge in [0.15, 0.2) is 5.82 Å². The zero-order valence-electron chi connectivity index (χ0n) is 37.8. The summed E-state index contributed by atoms with van der Waals surface area (Å²) in [6, 6.07) is 10.1. The van der Waals surface area contributed by atoms with E-state index in [0.29, 0.717) is 43.1 Å². The first-order valence-corrected chi connectivity index (χ1v) is 23.7. The Bertz CT molecular complexity index is 2860. The summed E-state index contributed by atoms with van der Waals surface area (Å²) in [5.41, 5.74) is 7.56. The van der Waals surface area contributed by atoms with Gasteiger partial charge in [-0.2, -0.15) is 5.10 Å². The van der Waals surface area contributed by atoms with Crippen molar-refractivity contribution >= 4 is 57.6 Å². The van der Waals surface area contributed by atoms with Gasteiger partial charge in [0.2, 0.25) is 17.7 Å². The number of hydrogen-bond acceptors (Lipinski definition) is 10. The zero-order valence-corrected chi connectivity index (χ0v) is 37.8. The van der Waals surface area contributed by atoms with E-state index < -0.39 is 36.1 Å². The van der Waals surface area contributed by atoms with Gasteiger partial charge in [-0.25, -0.2) is 8.78 Å². The molecule has 348 valence electrons. The normalized spacial score (nSPS) is 20.8. The van der Waals surface area contributed by atoms with Gasteiger partial charge in [-0.05, 0) is 98.4 Å². The number of anilines is 3. The average Bonchev–Trinajstić information content (AvgIpc) is 3.96. The molecule has 0 bridgehead atoms. The zero-order chi connectivity index (χ0) is 46.2. The first-order chi connectivity index (χ1) is 32.4. The van der Waals surface area contributed by atoms with Crippen molar-refractivity contribution < 1.29 is 32.8 Å². The van der Waals surface area contributed by atoms with E-state index >= 15 is 8.78 Å². The predicted octanol–water partition coefficient (Wildman–Crippen LogP) is 6.32. The summed E-state index contributed by atoms with van der Waals surface area (Å²) in [6.07, 6.45) is 8.99. The lowest BCUT2D eigenvalue weighted by Crippen LogP contribution is -2.54. The lowest BCUT2D eigenvalue weighted by Gasteiger charge is -2.39. The highest BCUT2D eigenvalue weighted by Gasteiger charge is 2.45. The fourth-order valence-corrected chi connectivity index (χ4v) is 11.7. The molecule has 0 saturated carbocycles. The van der Waals surface area contributed by atoms with Crippen molar-refractivity contribution in [2.45, 2.75) is 89.8 Å². The van der Waals surface area contributed by atoms with Gasteiger partial charge in [0.1, 0.15) is 6.04 Å². The van der Waals surface area contributed by atoms with E-state index in [1.54, 1.807) is 37.5 Å². The summed E-state index contributed by atoms with van der Waals surface area (Å²) in [5.74, 6) is -0.733. The molecule has 6 aliphatic rings. The van der Waals surface area contributed by atoms with Gasteiger partial charge in [-0.3, -0.25) is 43.9 Å². The molecule has 3 aromatic heterocycles. The van der Waals surface area contributed by atoms with Crippen LogP contribution in [-0.4, -0.2) is 115 Å². The van der Waals surface area contributed by atoms with E-state index in [4.69, 9.17) is 5.10 Å². The van der Waals surface area contributed by atoms with Crippen molar-refractivity contribution in [3.63, 3.8) is 0 Å². The second kappa shape index (κ2) is 17.0. The van der Waals surface area contributed by atoms with Gasteiger partial charge in [-0.1, -0.05) is 0 Å². The van der Waals surface area contributed by atoms with Crippen molar-refractivity contribution in [2.24, 2.45) is 13.0 Å². The highest BCUT2D eigenvalue weighted by atomic mass is 19.3. The van der Waals surface area contributed by atoms with E-state index in [1.165, 1.54) is 0 Å². The van der Waals surface area contributed by atoms with E-state index in [-0.39, 0.29) is 35.9 Å². The van der Waals surface area contributed by atoms with E-state index in [2.05, 4.69) is 29.7 Å². The minimum absolute atomic E-state index is 0.00831. The third kappa shape index (κ3) is 7.55. The quantitative estimate of drug-likeness (QED) is 0.176. The number of benzene rings is 2. The Morgan fingerprint density at radius 3 is 2.40 bits per heavy atom. The lowest BCUT2D eigenvalue weighted by atomic mass is 9.91. The van der Waals surface area contributed by atoms with Crippen molar-refractivity contribution in [1.29, 1.82) is 0 Å². The molecule has 5 amide bonds. The van der Waals surface area contributed by atoms with Crippen molar-refractivity contribution in [3.05, 3.63) is 88.5 Å². The molecule has 67 heavy (non-hydrogen) atoms. The molecule has 9 heterocycles. The summed E-state index contributed by atoms with van der Waals surface area (Å²) in [5, 5.41) is 8.47. The molecule has 11 rings (SSSR count). The van der Waals surface area contributed by atoms with Gasteiger partial charge in [0.05, 0.1) is 29.2 Å². The van der Waals surface area contributed by atoms with E-state index in [1.807, 2.05) is 40.9 Å². The van der Waals surface area contributed by atoms with Crippen molar-refractivity contribution in [1.82, 2.24) is 39.3 Å². The Morgan fingerprint density at radius 2 is 1.64 bits per heavy atom. The molecule has 1 atom stereocenters. The number of imide groups is 2. The maximum absolute atomic E-state index is 15.1. The SMILES string of the molecule is CC(=O)N1CCc2c(c(N3CCCc4cc(-c5cn(C)c6ccncc56)c(C(F)F)cc43)nn2C2CCN(CC3CCN(c4ccc5c(c4)C(=O)N(C4CCC(=O)NC4=O)C5=O)CC3)CC2)C1. The number of rotatable bonds is 8. The Balaban J connectivity index is 0.774. The second-order valence-electron chi connectivity index (χ2n) is 19.2. The number of piperidine rings is 3. The number of pyridine rings is 1. The molecule has 17 heteroatoms. The van der Waals surface area contributed by atoms with Crippen LogP contribution >= 0.6 is 0 Å². The molecule has 3 fully saturated rings. The molecule has 2 aromatic carbocycles. The molecule has 1 unspecified atom stereocenters. The van der Waals surface area contributed by atoms with Crippen LogP contribution in [0, 0.1) is 5.92 Å². The number of amides is 5. The number of alkyl halides is 2. The number of aromatic nitrogens is 4. The summed E-state index contributed by atoms with van der Waals surface area (Å²) >= 11 is 0. The summed E-state index contributed by atoms with van der Waals surface area (Å²) in [4.78, 5) is 77.9. The number of nitrogens with zero attached hydrogens (tertiary/aromatic N) is 9. The maximum Gasteiger partial charge on any atom is 0.264 e. The fourth-order valence-electron chi connectivity index (χ4n) is 11.7. The first kappa shape index (κ1) is 43.1. The largest absolute Gasteiger partial charge is 0.371 e. The van der Waals surface area contributed by atoms with Gasteiger partial charge < -0.3 is 24.2 Å². The van der Waals surface area contributed by atoms with Crippen LogP contribution in [0.2, 0.25) is 0 Å². The predicted molar refractivity (Wildman–Crippen MR) is 246 cm³/mol. The standard InChI is InChI=1S/C50H54F2N10O5/c1-29(63)59-21-14-42-40(28-59)47(60-16-3-4-31-22-35(36(46(51)52)24-44(31)60)39-27-56(2)41-9-15-53-25-38(39)41)55-62(42)32-12-17-57(18-13-32)26-30-10-19-58(20-11-30)33-5-6-34-37(23-33)50(67)61(49(34)66)43-7-8-45(64)54-48(43)65/h5-6,9,15,22-25,27,30,32,43,46H,3-4,7-8,10-14,16-21,26,28H2,1-2H3,(H,54,64,65). The Morgan fingerprint density at radius 1 is 0.851 bits per heavy atom. The molecule has 1 N–H and O–H groups in total. The third-order valence-corrected chi connectivity index (χ3v) is 15.3. The van der Waals surface area contributed by atoms with Crippen molar-refractivity contribution in [2.75, 3.05) is 55.6 Å². The van der Waals surface area contributed by atoms with Crippen LogP contribution in [0.15, 0.2) is 55.0 Å². The number of nitrogens with one attached hydrogen (secondary N) is 1. The molecular formula is C50H54F2N10O5. The van der Waals surface area contributed by atoms with Crippen LogP contribution in [0.1, 0.15) is 107 Å². The molecule has 0 radical (unpaired) electrons. The topological polar surface area (TPSA) is 149 Å². The van der Waals surface area contributed by atoms with Crippen LogP contribution in [0.4, 0.5) is 26.0 Å². The van der Waals surface area contributed by atoms with Crippen LogP contribution in [0.3, 0.4) is 0 Å². The Kier molecular flexibility index (Phi) is 10.9. The summed E-state index contributed by atoms with van der Waals surface area (Å²) in [7, 11) is 1.92. The Hall–Kier alpha value is -6.49. The molecule has 0 aliphatic carbocycles. The van der Waals surface area contributed by atoms with Gasteiger partial charge >= 0.3 is 0 Å². The van der Waals surface area contributed by atoms with Gasteiger partial charge in [0.25, 0.3) is 18.2 Å². The van der Waals surface area contributed by atoms with Crippen LogP contribution in [0.5, 0.6) is 0 Å². The molecule has 0 spiro atoms. The monoisotopic (exact) mass is 912 g/mol. The van der Waals surface area contributed by atoms with E-state index in [9.17, 15) is 24.0 Å². The summed E-state index contributed by atoms with van der Waals surface area (Å²) < 4.78 is 34.5. The molecule has 6 aliphatic heterocycles. The second-order valence-corrected chi connectivity index (χ2v) is 19.2. The maximum atomic E-state index is 15.1. The van der Waals surface area contributed by atoms with Gasteiger partial charge in [-0.15, -0.1) is 0 Å². The number of carbonyl (C=O) groups excluding carboxylic acids is 5. The molecule has 15 nitrogen and oxygen atoms in total. The van der Waals surface area contributed by atoms with Crippen LogP contribution in [0.25, 0.3) is 22.0 Å². The van der Waals surface area contributed by atoms with Crippen LogP contribution in [-0.2, 0) is 40.8 Å². The number of hydrogen-bond donors (Lipinski definition) is 1. The molecule has 3 saturated heterocycles. The van der Waals surface area contributed by atoms with E-state index in [0.717, 1.165) is 127 Å². The number of aryl methyl sites for hydroxylation is 2. The average molecular weight is 913 g/mol. The molecule has 5 aromatic rings. The first-order valence-electron chi connectivity index (χ1n) is 23.7. The molecular weight excluding hydrogens is 859 g/mol.